The molecule has 0 saturated heterocycles. The molecule has 1 aliphatic rings. The van der Waals surface area contributed by atoms with Gasteiger partial charge in [-0.3, -0.25) is 4.79 Å². The summed E-state index contributed by atoms with van der Waals surface area (Å²) in [6.45, 7) is 4.40. The molecule has 2 atom stereocenters. The molecule has 0 radical (unpaired) electrons. The summed E-state index contributed by atoms with van der Waals surface area (Å²) in [5.41, 5.74) is 6.93. The largest absolute Gasteiger partial charge is 0.487 e. The molecule has 1 aromatic rings. The summed E-state index contributed by atoms with van der Waals surface area (Å²) in [7, 11) is 0. The summed E-state index contributed by atoms with van der Waals surface area (Å²) in [5.74, 6) is 0.652. The number of fused-ring (bicyclic) bond motifs is 1. The minimum Gasteiger partial charge on any atom is -0.487 e. The van der Waals surface area contributed by atoms with Crippen LogP contribution in [-0.4, -0.2) is 30.2 Å². The van der Waals surface area contributed by atoms with Crippen molar-refractivity contribution in [2.75, 3.05) is 18.0 Å². The lowest BCUT2D eigenvalue weighted by Gasteiger charge is -2.33. The number of amides is 1. The van der Waals surface area contributed by atoms with Gasteiger partial charge in [-0.05, 0) is 37.6 Å². The molecule has 0 saturated carbocycles. The third-order valence-corrected chi connectivity index (χ3v) is 3.25. The quantitative estimate of drug-likeness (QED) is 0.860. The predicted octanol–water partition coefficient (Wildman–Crippen LogP) is 1.20. The average molecular weight is 264 g/mol. The van der Waals surface area contributed by atoms with Crippen LogP contribution in [0.25, 0.3) is 0 Å². The standard InChI is InChI=1S/C14H20N2O3/c1-9-8-16(10(2)17)12-7-11(13(18)5-6-15)3-4-14(12)19-9/h3-4,7,9,13,18H,5-6,8,15H2,1-2H3. The van der Waals surface area contributed by atoms with Gasteiger partial charge in [0, 0.05) is 6.92 Å². The van der Waals surface area contributed by atoms with Crippen LogP contribution in [0.4, 0.5) is 5.69 Å². The Balaban J connectivity index is 2.36. The second-order valence-corrected chi connectivity index (χ2v) is 4.88. The molecule has 1 aromatic carbocycles. The maximum Gasteiger partial charge on any atom is 0.224 e. The fourth-order valence-corrected chi connectivity index (χ4v) is 2.28. The van der Waals surface area contributed by atoms with E-state index in [1.807, 2.05) is 19.1 Å². The van der Waals surface area contributed by atoms with Gasteiger partial charge >= 0.3 is 0 Å². The highest BCUT2D eigenvalue weighted by Crippen LogP contribution is 2.36. The number of aliphatic hydroxyl groups excluding tert-OH is 1. The van der Waals surface area contributed by atoms with Crippen LogP contribution >= 0.6 is 0 Å². The third-order valence-electron chi connectivity index (χ3n) is 3.25. The lowest BCUT2D eigenvalue weighted by atomic mass is 10.0. The first kappa shape index (κ1) is 13.8. The summed E-state index contributed by atoms with van der Waals surface area (Å²) in [6.07, 6.45) is -0.143. The van der Waals surface area contributed by atoms with Gasteiger partial charge in [0.15, 0.2) is 0 Å². The molecule has 0 spiro atoms. The van der Waals surface area contributed by atoms with E-state index in [2.05, 4.69) is 0 Å². The Hall–Kier alpha value is -1.59. The lowest BCUT2D eigenvalue weighted by Crippen LogP contribution is -2.41. The van der Waals surface area contributed by atoms with Crippen molar-refractivity contribution in [3.8, 4) is 5.75 Å². The van der Waals surface area contributed by atoms with E-state index in [9.17, 15) is 9.90 Å². The van der Waals surface area contributed by atoms with E-state index in [0.717, 1.165) is 11.3 Å². The number of rotatable bonds is 3. The molecule has 1 aliphatic heterocycles. The molecule has 0 fully saturated rings. The van der Waals surface area contributed by atoms with Crippen LogP contribution in [-0.2, 0) is 4.79 Å². The van der Waals surface area contributed by atoms with E-state index in [1.165, 1.54) is 6.92 Å². The lowest BCUT2D eigenvalue weighted by molar-refractivity contribution is -0.117. The number of anilines is 1. The van der Waals surface area contributed by atoms with E-state index in [1.54, 1.807) is 11.0 Å². The number of carbonyl (C=O) groups excluding carboxylic acids is 1. The highest BCUT2D eigenvalue weighted by Gasteiger charge is 2.26. The first-order valence-electron chi connectivity index (χ1n) is 6.49. The van der Waals surface area contributed by atoms with Crippen molar-refractivity contribution in [3.05, 3.63) is 23.8 Å². The SMILES string of the molecule is CC(=O)N1CC(C)Oc2ccc(C(O)CCN)cc21. The number of carbonyl (C=O) groups is 1. The molecular formula is C14H20N2O3. The molecular weight excluding hydrogens is 244 g/mol. The zero-order chi connectivity index (χ0) is 14.0. The smallest absolute Gasteiger partial charge is 0.224 e. The molecule has 19 heavy (non-hydrogen) atoms. The number of hydrogen-bond donors (Lipinski definition) is 2. The van der Waals surface area contributed by atoms with Crippen molar-refractivity contribution in [3.63, 3.8) is 0 Å². The van der Waals surface area contributed by atoms with Crippen LogP contribution in [0.1, 0.15) is 31.9 Å². The molecule has 2 unspecified atom stereocenters. The van der Waals surface area contributed by atoms with Gasteiger partial charge in [-0.2, -0.15) is 0 Å². The summed E-state index contributed by atoms with van der Waals surface area (Å²) in [5, 5.41) is 9.97. The van der Waals surface area contributed by atoms with Gasteiger partial charge in [0.05, 0.1) is 18.3 Å². The predicted molar refractivity (Wildman–Crippen MR) is 73.2 cm³/mol. The van der Waals surface area contributed by atoms with Gasteiger partial charge < -0.3 is 20.5 Å². The molecule has 1 heterocycles. The maximum atomic E-state index is 11.7. The van der Waals surface area contributed by atoms with Crippen LogP contribution in [0, 0.1) is 0 Å². The minimum atomic E-state index is -0.608. The maximum absolute atomic E-state index is 11.7. The van der Waals surface area contributed by atoms with E-state index in [0.29, 0.717) is 25.3 Å². The van der Waals surface area contributed by atoms with Gasteiger partial charge in [-0.25, -0.2) is 0 Å². The number of ether oxygens (including phenoxy) is 1. The zero-order valence-electron chi connectivity index (χ0n) is 11.3. The van der Waals surface area contributed by atoms with Crippen LogP contribution in [0.3, 0.4) is 0 Å². The Morgan fingerprint density at radius 1 is 1.63 bits per heavy atom. The van der Waals surface area contributed by atoms with Gasteiger partial charge in [0.1, 0.15) is 11.9 Å². The number of nitrogens with zero attached hydrogens (tertiary/aromatic N) is 1. The first-order valence-corrected chi connectivity index (χ1v) is 6.49. The zero-order valence-corrected chi connectivity index (χ0v) is 11.3. The summed E-state index contributed by atoms with van der Waals surface area (Å²) in [4.78, 5) is 13.4. The van der Waals surface area contributed by atoms with Crippen LogP contribution in [0.2, 0.25) is 0 Å². The van der Waals surface area contributed by atoms with Gasteiger partial charge in [-0.15, -0.1) is 0 Å². The topological polar surface area (TPSA) is 75.8 Å². The van der Waals surface area contributed by atoms with Gasteiger partial charge in [0.25, 0.3) is 0 Å². The molecule has 0 aliphatic carbocycles. The molecule has 5 heteroatoms. The van der Waals surface area contributed by atoms with Gasteiger partial charge in [0.2, 0.25) is 5.91 Å². The van der Waals surface area contributed by atoms with Crippen molar-refractivity contribution in [2.45, 2.75) is 32.5 Å². The van der Waals surface area contributed by atoms with E-state index in [-0.39, 0.29) is 12.0 Å². The highest BCUT2D eigenvalue weighted by molar-refractivity contribution is 5.93. The van der Waals surface area contributed by atoms with Crippen molar-refractivity contribution >= 4 is 11.6 Å². The Labute approximate surface area is 113 Å². The number of benzene rings is 1. The number of hydrogen-bond acceptors (Lipinski definition) is 4. The van der Waals surface area contributed by atoms with Crippen LogP contribution in [0.15, 0.2) is 18.2 Å². The Bertz CT molecular complexity index is 476. The van der Waals surface area contributed by atoms with E-state index >= 15 is 0 Å². The first-order chi connectivity index (χ1) is 9.02. The number of aliphatic hydroxyl groups is 1. The Morgan fingerprint density at radius 2 is 2.37 bits per heavy atom. The molecule has 0 aromatic heterocycles. The van der Waals surface area contributed by atoms with E-state index in [4.69, 9.17) is 10.5 Å². The van der Waals surface area contributed by atoms with Crippen molar-refractivity contribution in [2.24, 2.45) is 5.73 Å². The average Bonchev–Trinajstić information content (AvgIpc) is 2.37. The fraction of sp³-hybridized carbons (Fsp3) is 0.500. The van der Waals surface area contributed by atoms with Gasteiger partial charge in [-0.1, -0.05) is 6.07 Å². The van der Waals surface area contributed by atoms with E-state index < -0.39 is 6.10 Å². The Morgan fingerprint density at radius 3 is 3.00 bits per heavy atom. The highest BCUT2D eigenvalue weighted by atomic mass is 16.5. The monoisotopic (exact) mass is 264 g/mol. The van der Waals surface area contributed by atoms with Crippen molar-refractivity contribution in [1.82, 2.24) is 0 Å². The van der Waals surface area contributed by atoms with Crippen LogP contribution < -0.4 is 15.4 Å². The summed E-state index contributed by atoms with van der Waals surface area (Å²) >= 11 is 0. The molecule has 0 bridgehead atoms. The number of nitrogens with two attached hydrogens (primary N) is 1. The normalized spacial score (nSPS) is 19.6. The molecule has 3 N–H and O–H groups in total. The summed E-state index contributed by atoms with van der Waals surface area (Å²) in [6, 6.07) is 5.43. The van der Waals surface area contributed by atoms with Crippen LogP contribution in [0.5, 0.6) is 5.75 Å². The van der Waals surface area contributed by atoms with Crippen molar-refractivity contribution < 1.29 is 14.6 Å². The Kier molecular flexibility index (Phi) is 4.07. The minimum absolute atomic E-state index is 0.0261. The second-order valence-electron chi connectivity index (χ2n) is 4.88. The fourth-order valence-electron chi connectivity index (χ4n) is 2.28. The molecule has 2 rings (SSSR count). The third kappa shape index (κ3) is 2.88. The summed E-state index contributed by atoms with van der Waals surface area (Å²) < 4.78 is 5.71. The second kappa shape index (κ2) is 5.59. The molecule has 104 valence electrons. The van der Waals surface area contributed by atoms with Crippen molar-refractivity contribution in [1.29, 1.82) is 0 Å². The molecule has 5 nitrogen and oxygen atoms in total. The molecule has 1 amide bonds.